The second kappa shape index (κ2) is 5.70. The third kappa shape index (κ3) is 3.51. The van der Waals surface area contributed by atoms with Gasteiger partial charge in [0.05, 0.1) is 13.5 Å². The normalized spacial score (nSPS) is 20.0. The minimum absolute atomic E-state index is 0.0450. The fourth-order valence-corrected chi connectivity index (χ4v) is 1.49. The summed E-state index contributed by atoms with van der Waals surface area (Å²) in [7, 11) is 3.01. The molecule has 0 spiro atoms. The first-order valence-electron chi connectivity index (χ1n) is 5.08. The smallest absolute Gasteiger partial charge is 0.307 e. The standard InChI is InChI=1S/C10H17NO4/c1-11(6-5-9(12)14-2)10(13)8-4-3-7-15-8/h8H,3-7H2,1-2H3/t8-/m1/s1. The highest BCUT2D eigenvalue weighted by Crippen LogP contribution is 2.14. The van der Waals surface area contributed by atoms with Crippen LogP contribution in [-0.2, 0) is 19.1 Å². The molecular weight excluding hydrogens is 198 g/mol. The zero-order valence-electron chi connectivity index (χ0n) is 9.19. The molecule has 5 nitrogen and oxygen atoms in total. The van der Waals surface area contributed by atoms with Crippen LogP contribution >= 0.6 is 0 Å². The summed E-state index contributed by atoms with van der Waals surface area (Å²) >= 11 is 0. The number of rotatable bonds is 4. The Labute approximate surface area is 89.3 Å². The first-order chi connectivity index (χ1) is 7.15. The van der Waals surface area contributed by atoms with E-state index in [1.165, 1.54) is 12.0 Å². The van der Waals surface area contributed by atoms with E-state index in [2.05, 4.69) is 4.74 Å². The summed E-state index contributed by atoms with van der Waals surface area (Å²) in [4.78, 5) is 24.1. The Balaban J connectivity index is 2.29. The third-order valence-corrected chi connectivity index (χ3v) is 2.46. The van der Waals surface area contributed by atoms with Crippen LogP contribution in [0.15, 0.2) is 0 Å². The number of hydrogen-bond donors (Lipinski definition) is 0. The van der Waals surface area contributed by atoms with E-state index in [1.54, 1.807) is 7.05 Å². The van der Waals surface area contributed by atoms with Gasteiger partial charge >= 0.3 is 5.97 Å². The Morgan fingerprint density at radius 3 is 2.80 bits per heavy atom. The van der Waals surface area contributed by atoms with E-state index in [0.29, 0.717) is 13.2 Å². The second-order valence-corrected chi connectivity index (χ2v) is 3.59. The van der Waals surface area contributed by atoms with Gasteiger partial charge in [-0.15, -0.1) is 0 Å². The molecule has 1 aliphatic rings. The van der Waals surface area contributed by atoms with Crippen molar-refractivity contribution in [3.63, 3.8) is 0 Å². The van der Waals surface area contributed by atoms with Crippen molar-refractivity contribution in [3.05, 3.63) is 0 Å². The molecule has 1 atom stereocenters. The van der Waals surface area contributed by atoms with Crippen LogP contribution in [0.5, 0.6) is 0 Å². The summed E-state index contributed by atoms with van der Waals surface area (Å²) in [5.41, 5.74) is 0. The molecule has 0 unspecified atom stereocenters. The highest BCUT2D eigenvalue weighted by atomic mass is 16.5. The zero-order chi connectivity index (χ0) is 11.3. The van der Waals surface area contributed by atoms with Crippen molar-refractivity contribution < 1.29 is 19.1 Å². The molecule has 0 aromatic carbocycles. The monoisotopic (exact) mass is 215 g/mol. The number of ether oxygens (including phenoxy) is 2. The van der Waals surface area contributed by atoms with Crippen LogP contribution in [0.2, 0.25) is 0 Å². The number of hydrogen-bond acceptors (Lipinski definition) is 4. The summed E-state index contributed by atoms with van der Waals surface area (Å²) in [6, 6.07) is 0. The minimum Gasteiger partial charge on any atom is -0.469 e. The Morgan fingerprint density at radius 2 is 2.27 bits per heavy atom. The molecule has 0 aromatic rings. The van der Waals surface area contributed by atoms with Crippen molar-refractivity contribution >= 4 is 11.9 Å². The SMILES string of the molecule is COC(=O)CCN(C)C(=O)[C@H]1CCCO1. The fourth-order valence-electron chi connectivity index (χ4n) is 1.49. The lowest BCUT2D eigenvalue weighted by atomic mass is 10.2. The van der Waals surface area contributed by atoms with Crippen LogP contribution in [0.25, 0.3) is 0 Å². The predicted octanol–water partition coefficient (Wildman–Crippen LogP) is 0.187. The van der Waals surface area contributed by atoms with Gasteiger partial charge in [0.15, 0.2) is 0 Å². The molecule has 1 rings (SSSR count). The number of likely N-dealkylation sites (N-methyl/N-ethyl adjacent to an activating group) is 1. The van der Waals surface area contributed by atoms with E-state index < -0.39 is 0 Å². The first-order valence-corrected chi connectivity index (χ1v) is 5.08. The molecular formula is C10H17NO4. The molecule has 1 aliphatic heterocycles. The van der Waals surface area contributed by atoms with E-state index in [9.17, 15) is 9.59 Å². The van der Waals surface area contributed by atoms with Crippen molar-refractivity contribution in [2.24, 2.45) is 0 Å². The average molecular weight is 215 g/mol. The first kappa shape index (κ1) is 12.0. The molecule has 0 N–H and O–H groups in total. The lowest BCUT2D eigenvalue weighted by Crippen LogP contribution is -2.37. The van der Waals surface area contributed by atoms with E-state index in [4.69, 9.17) is 4.74 Å². The van der Waals surface area contributed by atoms with Crippen LogP contribution in [0.1, 0.15) is 19.3 Å². The lowest BCUT2D eigenvalue weighted by Gasteiger charge is -2.19. The van der Waals surface area contributed by atoms with Crippen LogP contribution in [0.3, 0.4) is 0 Å². The Hall–Kier alpha value is -1.10. The Morgan fingerprint density at radius 1 is 1.53 bits per heavy atom. The fraction of sp³-hybridized carbons (Fsp3) is 0.800. The van der Waals surface area contributed by atoms with Crippen molar-refractivity contribution in [1.82, 2.24) is 4.90 Å². The molecule has 0 bridgehead atoms. The van der Waals surface area contributed by atoms with Crippen LogP contribution in [0.4, 0.5) is 0 Å². The highest BCUT2D eigenvalue weighted by Gasteiger charge is 2.26. The van der Waals surface area contributed by atoms with Crippen LogP contribution in [0, 0.1) is 0 Å². The van der Waals surface area contributed by atoms with Gasteiger partial charge in [0.25, 0.3) is 5.91 Å². The second-order valence-electron chi connectivity index (χ2n) is 3.59. The molecule has 15 heavy (non-hydrogen) atoms. The number of carbonyl (C=O) groups excluding carboxylic acids is 2. The van der Waals surface area contributed by atoms with Gasteiger partial charge in [-0.3, -0.25) is 9.59 Å². The number of nitrogens with zero attached hydrogens (tertiary/aromatic N) is 1. The molecule has 1 amide bonds. The lowest BCUT2D eigenvalue weighted by molar-refractivity contribution is -0.143. The van der Waals surface area contributed by atoms with E-state index >= 15 is 0 Å². The van der Waals surface area contributed by atoms with Crippen LogP contribution in [-0.4, -0.2) is 50.2 Å². The predicted molar refractivity (Wildman–Crippen MR) is 53.2 cm³/mol. The highest BCUT2D eigenvalue weighted by molar-refractivity contribution is 5.81. The van der Waals surface area contributed by atoms with Gasteiger partial charge in [0, 0.05) is 20.2 Å². The maximum Gasteiger partial charge on any atom is 0.307 e. The van der Waals surface area contributed by atoms with Gasteiger partial charge in [-0.25, -0.2) is 0 Å². The van der Waals surface area contributed by atoms with Gasteiger partial charge in [0.1, 0.15) is 6.10 Å². The topological polar surface area (TPSA) is 55.8 Å². The van der Waals surface area contributed by atoms with E-state index in [0.717, 1.165) is 12.8 Å². The Kier molecular flexibility index (Phi) is 4.55. The van der Waals surface area contributed by atoms with Crippen LogP contribution < -0.4 is 0 Å². The molecule has 1 heterocycles. The number of methoxy groups -OCH3 is 1. The summed E-state index contributed by atoms with van der Waals surface area (Å²) in [6.45, 7) is 1.03. The molecule has 86 valence electrons. The van der Waals surface area contributed by atoms with Crippen molar-refractivity contribution in [3.8, 4) is 0 Å². The van der Waals surface area contributed by atoms with Gasteiger partial charge in [-0.05, 0) is 12.8 Å². The Bertz CT molecular complexity index is 236. The maximum absolute atomic E-state index is 11.7. The minimum atomic E-state index is -0.312. The van der Waals surface area contributed by atoms with Gasteiger partial charge in [0.2, 0.25) is 0 Å². The van der Waals surface area contributed by atoms with Gasteiger partial charge in [-0.1, -0.05) is 0 Å². The molecule has 0 aromatic heterocycles. The summed E-state index contributed by atoms with van der Waals surface area (Å²) in [5.74, 6) is -0.349. The van der Waals surface area contributed by atoms with Gasteiger partial charge < -0.3 is 14.4 Å². The molecule has 0 saturated carbocycles. The number of esters is 1. The average Bonchev–Trinajstić information content (AvgIpc) is 2.77. The quantitative estimate of drug-likeness (QED) is 0.628. The number of amides is 1. The molecule has 0 aliphatic carbocycles. The summed E-state index contributed by atoms with van der Waals surface area (Å²) in [6.07, 6.45) is 1.63. The van der Waals surface area contributed by atoms with Crippen molar-refractivity contribution in [2.75, 3.05) is 27.3 Å². The van der Waals surface area contributed by atoms with Crippen molar-refractivity contribution in [1.29, 1.82) is 0 Å². The van der Waals surface area contributed by atoms with Gasteiger partial charge in [-0.2, -0.15) is 0 Å². The largest absolute Gasteiger partial charge is 0.469 e. The van der Waals surface area contributed by atoms with E-state index in [1.807, 2.05) is 0 Å². The summed E-state index contributed by atoms with van der Waals surface area (Å²) in [5, 5.41) is 0. The summed E-state index contributed by atoms with van der Waals surface area (Å²) < 4.78 is 9.76. The third-order valence-electron chi connectivity index (χ3n) is 2.46. The van der Waals surface area contributed by atoms with E-state index in [-0.39, 0.29) is 24.4 Å². The zero-order valence-corrected chi connectivity index (χ0v) is 9.19. The number of carbonyl (C=O) groups is 2. The molecule has 1 saturated heterocycles. The van der Waals surface area contributed by atoms with Crippen molar-refractivity contribution in [2.45, 2.75) is 25.4 Å². The maximum atomic E-state index is 11.7. The molecule has 1 fully saturated rings. The molecule has 5 heteroatoms. The molecule has 0 radical (unpaired) electrons.